The number of ketones is 1. The highest BCUT2D eigenvalue weighted by atomic mass is 32.2. The van der Waals surface area contributed by atoms with E-state index in [4.69, 9.17) is 4.42 Å². The molecule has 0 saturated heterocycles. The van der Waals surface area contributed by atoms with E-state index in [1.54, 1.807) is 18.0 Å². The van der Waals surface area contributed by atoms with Gasteiger partial charge in [-0.05, 0) is 13.0 Å². The number of benzene rings is 1. The van der Waals surface area contributed by atoms with Crippen molar-refractivity contribution in [1.29, 1.82) is 0 Å². The molecule has 2 aromatic rings. The summed E-state index contributed by atoms with van der Waals surface area (Å²) < 4.78 is 5.20. The number of aryl methyl sites for hydroxylation is 1. The van der Waals surface area contributed by atoms with Gasteiger partial charge in [-0.3, -0.25) is 4.79 Å². The van der Waals surface area contributed by atoms with Gasteiger partial charge in [0.2, 0.25) is 0 Å². The van der Waals surface area contributed by atoms with E-state index in [2.05, 4.69) is 0 Å². The minimum Gasteiger partial charge on any atom is -0.468 e. The van der Waals surface area contributed by atoms with Gasteiger partial charge in [0, 0.05) is 22.6 Å². The Kier molecular flexibility index (Phi) is 4.04. The van der Waals surface area contributed by atoms with Crippen LogP contribution >= 0.6 is 11.8 Å². The molecule has 0 spiro atoms. The van der Waals surface area contributed by atoms with Gasteiger partial charge in [-0.1, -0.05) is 30.3 Å². The van der Waals surface area contributed by atoms with E-state index in [0.29, 0.717) is 6.42 Å². The standard InChI is InChI=1S/C14H14O2S/c1-11-14(7-9-16-11)17-10-8-13(15)12-5-3-2-4-6-12/h2-7,9H,8,10H2,1H3. The van der Waals surface area contributed by atoms with Crippen molar-refractivity contribution in [3.63, 3.8) is 0 Å². The third kappa shape index (κ3) is 3.24. The number of hydrogen-bond donors (Lipinski definition) is 0. The first kappa shape index (κ1) is 12.0. The molecule has 0 bridgehead atoms. The Hall–Kier alpha value is -1.48. The van der Waals surface area contributed by atoms with Gasteiger partial charge in [-0.15, -0.1) is 11.8 Å². The summed E-state index contributed by atoms with van der Waals surface area (Å²) in [5.41, 5.74) is 0.789. The molecule has 0 unspecified atom stereocenters. The van der Waals surface area contributed by atoms with Crippen LogP contribution in [-0.4, -0.2) is 11.5 Å². The Labute approximate surface area is 105 Å². The molecule has 0 aliphatic heterocycles. The third-order valence-corrected chi connectivity index (χ3v) is 3.64. The molecule has 3 heteroatoms. The second-order valence-electron chi connectivity index (χ2n) is 3.73. The average molecular weight is 246 g/mol. The van der Waals surface area contributed by atoms with Crippen LogP contribution in [0.5, 0.6) is 0 Å². The molecule has 2 rings (SSSR count). The van der Waals surface area contributed by atoms with Crippen molar-refractivity contribution in [2.24, 2.45) is 0 Å². The van der Waals surface area contributed by atoms with Crippen LogP contribution in [-0.2, 0) is 0 Å². The maximum absolute atomic E-state index is 11.8. The molecule has 0 atom stereocenters. The average Bonchev–Trinajstić information content (AvgIpc) is 2.76. The van der Waals surface area contributed by atoms with Crippen molar-refractivity contribution in [2.75, 3.05) is 5.75 Å². The molecule has 0 N–H and O–H groups in total. The summed E-state index contributed by atoms with van der Waals surface area (Å²) in [6, 6.07) is 11.3. The molecule has 2 nitrogen and oxygen atoms in total. The molecule has 17 heavy (non-hydrogen) atoms. The number of thioether (sulfide) groups is 1. The van der Waals surface area contributed by atoms with E-state index in [0.717, 1.165) is 22.0 Å². The number of furan rings is 1. The fourth-order valence-corrected chi connectivity index (χ4v) is 2.46. The lowest BCUT2D eigenvalue weighted by atomic mass is 10.1. The lowest BCUT2D eigenvalue weighted by Gasteiger charge is -2.00. The molecule has 0 saturated carbocycles. The van der Waals surface area contributed by atoms with Gasteiger partial charge in [0.25, 0.3) is 0 Å². The van der Waals surface area contributed by atoms with Crippen LogP contribution in [0.3, 0.4) is 0 Å². The first-order valence-corrected chi connectivity index (χ1v) is 6.51. The summed E-state index contributed by atoms with van der Waals surface area (Å²) in [5, 5.41) is 0. The van der Waals surface area contributed by atoms with Crippen molar-refractivity contribution >= 4 is 17.5 Å². The van der Waals surface area contributed by atoms with Crippen LogP contribution in [0.1, 0.15) is 22.5 Å². The summed E-state index contributed by atoms with van der Waals surface area (Å²) in [6.07, 6.45) is 2.23. The number of carbonyl (C=O) groups is 1. The van der Waals surface area contributed by atoms with E-state index in [9.17, 15) is 4.79 Å². The molecular weight excluding hydrogens is 232 g/mol. The summed E-state index contributed by atoms with van der Waals surface area (Å²) in [6.45, 7) is 1.93. The van der Waals surface area contributed by atoms with Crippen LogP contribution in [0.4, 0.5) is 0 Å². The molecular formula is C14H14O2S. The minimum atomic E-state index is 0.194. The van der Waals surface area contributed by atoms with E-state index in [1.165, 1.54) is 0 Å². The number of carbonyl (C=O) groups excluding carboxylic acids is 1. The van der Waals surface area contributed by atoms with E-state index in [-0.39, 0.29) is 5.78 Å². The quantitative estimate of drug-likeness (QED) is 0.591. The van der Waals surface area contributed by atoms with Crippen LogP contribution < -0.4 is 0 Å². The Morgan fingerprint density at radius 3 is 2.65 bits per heavy atom. The van der Waals surface area contributed by atoms with Crippen molar-refractivity contribution < 1.29 is 9.21 Å². The zero-order chi connectivity index (χ0) is 12.1. The van der Waals surface area contributed by atoms with Crippen LogP contribution in [0.15, 0.2) is 52.0 Å². The fraction of sp³-hybridized carbons (Fsp3) is 0.214. The second kappa shape index (κ2) is 5.73. The summed E-state index contributed by atoms with van der Waals surface area (Å²) in [5.74, 6) is 1.90. The van der Waals surface area contributed by atoms with E-state index >= 15 is 0 Å². The highest BCUT2D eigenvalue weighted by Gasteiger charge is 2.06. The van der Waals surface area contributed by atoms with Gasteiger partial charge >= 0.3 is 0 Å². The molecule has 0 radical (unpaired) electrons. The Bertz CT molecular complexity index is 488. The van der Waals surface area contributed by atoms with Crippen molar-refractivity contribution in [2.45, 2.75) is 18.2 Å². The predicted octanol–water partition coefficient (Wildman–Crippen LogP) is 3.95. The van der Waals surface area contributed by atoms with E-state index in [1.807, 2.05) is 43.3 Å². The van der Waals surface area contributed by atoms with Crippen molar-refractivity contribution in [1.82, 2.24) is 0 Å². The predicted molar refractivity (Wildman–Crippen MR) is 69.6 cm³/mol. The van der Waals surface area contributed by atoms with Gasteiger partial charge in [0.15, 0.2) is 5.78 Å². The van der Waals surface area contributed by atoms with Crippen molar-refractivity contribution in [3.05, 3.63) is 54.0 Å². The Balaban J connectivity index is 1.84. The maximum atomic E-state index is 11.8. The third-order valence-electron chi connectivity index (χ3n) is 2.49. The molecule has 1 aromatic carbocycles. The first-order chi connectivity index (χ1) is 8.27. The normalized spacial score (nSPS) is 10.4. The highest BCUT2D eigenvalue weighted by Crippen LogP contribution is 2.24. The van der Waals surface area contributed by atoms with Crippen LogP contribution in [0.2, 0.25) is 0 Å². The van der Waals surface area contributed by atoms with Gasteiger partial charge in [0.1, 0.15) is 5.76 Å². The summed E-state index contributed by atoms with van der Waals surface area (Å²) in [4.78, 5) is 12.9. The van der Waals surface area contributed by atoms with Gasteiger partial charge in [-0.25, -0.2) is 0 Å². The van der Waals surface area contributed by atoms with Gasteiger partial charge in [-0.2, -0.15) is 0 Å². The molecule has 0 aliphatic carbocycles. The largest absolute Gasteiger partial charge is 0.468 e. The van der Waals surface area contributed by atoms with Gasteiger partial charge < -0.3 is 4.42 Å². The topological polar surface area (TPSA) is 30.2 Å². The molecule has 0 aliphatic rings. The van der Waals surface area contributed by atoms with Crippen LogP contribution in [0, 0.1) is 6.92 Å². The maximum Gasteiger partial charge on any atom is 0.163 e. The second-order valence-corrected chi connectivity index (χ2v) is 4.87. The summed E-state index contributed by atoms with van der Waals surface area (Å²) in [7, 11) is 0. The number of rotatable bonds is 5. The lowest BCUT2D eigenvalue weighted by molar-refractivity contribution is 0.0989. The lowest BCUT2D eigenvalue weighted by Crippen LogP contribution is -1.99. The number of Topliss-reactive ketones (excluding diaryl/α,β-unsaturated/α-hetero) is 1. The molecule has 88 valence electrons. The molecule has 0 amide bonds. The SMILES string of the molecule is Cc1occc1SCCC(=O)c1ccccc1. The monoisotopic (exact) mass is 246 g/mol. The first-order valence-electron chi connectivity index (χ1n) is 5.52. The smallest absolute Gasteiger partial charge is 0.163 e. The Morgan fingerprint density at radius 1 is 1.24 bits per heavy atom. The Morgan fingerprint density at radius 2 is 2.00 bits per heavy atom. The number of hydrogen-bond acceptors (Lipinski definition) is 3. The zero-order valence-corrected chi connectivity index (χ0v) is 10.5. The molecule has 0 fully saturated rings. The van der Waals surface area contributed by atoms with Crippen LogP contribution in [0.25, 0.3) is 0 Å². The molecule has 1 heterocycles. The highest BCUT2D eigenvalue weighted by molar-refractivity contribution is 7.99. The minimum absolute atomic E-state index is 0.194. The van der Waals surface area contributed by atoms with E-state index < -0.39 is 0 Å². The summed E-state index contributed by atoms with van der Waals surface area (Å²) >= 11 is 1.66. The molecule has 1 aromatic heterocycles. The zero-order valence-electron chi connectivity index (χ0n) is 9.68. The van der Waals surface area contributed by atoms with Gasteiger partial charge in [0.05, 0.1) is 6.26 Å². The fourth-order valence-electron chi connectivity index (χ4n) is 1.55. The van der Waals surface area contributed by atoms with Crippen molar-refractivity contribution in [3.8, 4) is 0 Å².